The Kier molecular flexibility index (Phi) is 19.8. The Hall–Kier alpha value is -1.39. The van der Waals surface area contributed by atoms with Crippen molar-refractivity contribution in [2.75, 3.05) is 13.2 Å². The summed E-state index contributed by atoms with van der Waals surface area (Å²) in [5.41, 5.74) is 0. The van der Waals surface area contributed by atoms with Crippen molar-refractivity contribution in [3.05, 3.63) is 36.5 Å². The van der Waals surface area contributed by atoms with E-state index in [9.17, 15) is 4.79 Å². The molecule has 4 heteroatoms. The topological polar surface area (TPSA) is 66.8 Å². The highest BCUT2D eigenvalue weighted by atomic mass is 16.5. The Morgan fingerprint density at radius 3 is 2.04 bits per heavy atom. The van der Waals surface area contributed by atoms with Crippen molar-refractivity contribution in [2.45, 2.75) is 90.1 Å². The average molecular weight is 381 g/mol. The van der Waals surface area contributed by atoms with Gasteiger partial charge in [0, 0.05) is 6.42 Å². The highest BCUT2D eigenvalue weighted by molar-refractivity contribution is 5.69. The van der Waals surface area contributed by atoms with Crippen molar-refractivity contribution < 1.29 is 19.7 Å². The van der Waals surface area contributed by atoms with Gasteiger partial charge in [-0.15, -0.1) is 0 Å². The fourth-order valence-electron chi connectivity index (χ4n) is 2.56. The lowest BCUT2D eigenvalue weighted by atomic mass is 10.1. The maximum absolute atomic E-state index is 11.4. The number of unbranched alkanes of at least 4 members (excludes halogenated alkanes) is 7. The minimum absolute atomic E-state index is 0.115. The van der Waals surface area contributed by atoms with Crippen LogP contribution in [0, 0.1) is 0 Å². The monoisotopic (exact) mass is 380 g/mol. The fraction of sp³-hybridized carbons (Fsp3) is 0.696. The molecule has 0 aromatic rings. The van der Waals surface area contributed by atoms with E-state index < -0.39 is 6.10 Å². The quantitative estimate of drug-likeness (QED) is 0.193. The SMILES string of the molecule is CC/C=C\C/C=C\C/C=C\CCCCCCCCCC(=O)OCC(O)CO. The van der Waals surface area contributed by atoms with E-state index in [0.29, 0.717) is 6.42 Å². The summed E-state index contributed by atoms with van der Waals surface area (Å²) in [7, 11) is 0. The molecule has 0 rings (SSSR count). The van der Waals surface area contributed by atoms with Gasteiger partial charge in [-0.25, -0.2) is 0 Å². The molecular formula is C23H40O4. The number of carbonyl (C=O) groups is 1. The van der Waals surface area contributed by atoms with Crippen LogP contribution in [0.15, 0.2) is 36.5 Å². The molecule has 0 saturated heterocycles. The summed E-state index contributed by atoms with van der Waals surface area (Å²) in [6, 6.07) is 0. The van der Waals surface area contributed by atoms with Gasteiger partial charge in [0.25, 0.3) is 0 Å². The molecule has 0 heterocycles. The van der Waals surface area contributed by atoms with Gasteiger partial charge in [0.05, 0.1) is 6.61 Å². The smallest absolute Gasteiger partial charge is 0.305 e. The van der Waals surface area contributed by atoms with Crippen molar-refractivity contribution >= 4 is 5.97 Å². The normalized spacial score (nSPS) is 13.1. The van der Waals surface area contributed by atoms with Crippen molar-refractivity contribution in [2.24, 2.45) is 0 Å². The molecule has 0 aliphatic rings. The maximum atomic E-state index is 11.4. The van der Waals surface area contributed by atoms with Crippen LogP contribution < -0.4 is 0 Å². The number of aliphatic hydroxyl groups is 2. The Morgan fingerprint density at radius 1 is 0.852 bits per heavy atom. The zero-order valence-corrected chi connectivity index (χ0v) is 17.2. The number of ether oxygens (including phenoxy) is 1. The maximum Gasteiger partial charge on any atom is 0.305 e. The molecule has 0 saturated carbocycles. The van der Waals surface area contributed by atoms with Gasteiger partial charge in [0.2, 0.25) is 0 Å². The first-order chi connectivity index (χ1) is 13.2. The lowest BCUT2D eigenvalue weighted by molar-refractivity contribution is -0.147. The van der Waals surface area contributed by atoms with Gasteiger partial charge in [-0.3, -0.25) is 4.79 Å². The Balaban J connectivity index is 3.30. The van der Waals surface area contributed by atoms with Crippen LogP contribution in [0.3, 0.4) is 0 Å². The summed E-state index contributed by atoms with van der Waals surface area (Å²) in [4.78, 5) is 11.4. The third-order valence-electron chi connectivity index (χ3n) is 4.18. The van der Waals surface area contributed by atoms with Gasteiger partial charge in [-0.05, 0) is 38.5 Å². The van der Waals surface area contributed by atoms with Crippen molar-refractivity contribution in [1.82, 2.24) is 0 Å². The van der Waals surface area contributed by atoms with Gasteiger partial charge in [-0.1, -0.05) is 75.5 Å². The van der Waals surface area contributed by atoms with Gasteiger partial charge in [0.15, 0.2) is 0 Å². The molecule has 2 N–H and O–H groups in total. The van der Waals surface area contributed by atoms with Crippen LogP contribution in [0.25, 0.3) is 0 Å². The standard InChI is InChI=1S/C23H40O4/c1-2-3-4-5-6-7-8-9-10-11-12-13-14-15-16-17-18-19-23(26)27-21-22(25)20-24/h3-4,6-7,9-10,22,24-25H,2,5,8,11-21H2,1H3/b4-3-,7-6-,10-9-. The summed E-state index contributed by atoms with van der Waals surface area (Å²) in [5, 5.41) is 17.7. The summed E-state index contributed by atoms with van der Waals surface area (Å²) in [6.07, 6.45) is 25.2. The minimum Gasteiger partial charge on any atom is -0.463 e. The van der Waals surface area contributed by atoms with E-state index in [2.05, 4.69) is 43.4 Å². The fourth-order valence-corrected chi connectivity index (χ4v) is 2.56. The predicted octanol–water partition coefficient (Wildman–Crippen LogP) is 5.25. The van der Waals surface area contributed by atoms with Crippen molar-refractivity contribution in [3.8, 4) is 0 Å². The molecule has 0 aliphatic heterocycles. The van der Waals surface area contributed by atoms with Gasteiger partial charge >= 0.3 is 5.97 Å². The van der Waals surface area contributed by atoms with E-state index >= 15 is 0 Å². The van der Waals surface area contributed by atoms with Crippen LogP contribution in [0.2, 0.25) is 0 Å². The van der Waals surface area contributed by atoms with Crippen LogP contribution in [-0.2, 0) is 9.53 Å². The Bertz CT molecular complexity index is 413. The minimum atomic E-state index is -0.965. The van der Waals surface area contributed by atoms with E-state index in [1.54, 1.807) is 0 Å². The molecule has 0 aromatic heterocycles. The molecule has 0 fully saturated rings. The summed E-state index contributed by atoms with van der Waals surface area (Å²) in [5.74, 6) is -0.290. The first kappa shape index (κ1) is 25.6. The average Bonchev–Trinajstić information content (AvgIpc) is 2.68. The van der Waals surface area contributed by atoms with Crippen molar-refractivity contribution in [1.29, 1.82) is 0 Å². The molecule has 4 nitrogen and oxygen atoms in total. The van der Waals surface area contributed by atoms with Gasteiger partial charge in [-0.2, -0.15) is 0 Å². The van der Waals surface area contributed by atoms with E-state index in [1.165, 1.54) is 25.7 Å². The highest BCUT2D eigenvalue weighted by Crippen LogP contribution is 2.10. The van der Waals surface area contributed by atoms with Crippen LogP contribution >= 0.6 is 0 Å². The summed E-state index contributed by atoms with van der Waals surface area (Å²) in [6.45, 7) is 1.66. The van der Waals surface area contributed by atoms with Gasteiger partial charge < -0.3 is 14.9 Å². The number of allylic oxidation sites excluding steroid dienone is 6. The first-order valence-corrected chi connectivity index (χ1v) is 10.6. The number of hydrogen-bond donors (Lipinski definition) is 2. The second-order valence-electron chi connectivity index (χ2n) is 6.83. The molecule has 0 radical (unpaired) electrons. The highest BCUT2D eigenvalue weighted by Gasteiger charge is 2.07. The number of carbonyl (C=O) groups excluding carboxylic acids is 1. The number of hydrogen-bond acceptors (Lipinski definition) is 4. The lowest BCUT2D eigenvalue weighted by Crippen LogP contribution is -2.21. The van der Waals surface area contributed by atoms with Crippen molar-refractivity contribution in [3.63, 3.8) is 0 Å². The molecule has 0 amide bonds. The third-order valence-corrected chi connectivity index (χ3v) is 4.18. The van der Waals surface area contributed by atoms with Crippen LogP contribution in [0.4, 0.5) is 0 Å². The molecule has 156 valence electrons. The molecular weight excluding hydrogens is 340 g/mol. The Labute approximate surface area is 166 Å². The third kappa shape index (κ3) is 20.8. The molecule has 0 aromatic carbocycles. The molecule has 27 heavy (non-hydrogen) atoms. The van der Waals surface area contributed by atoms with Crippen LogP contribution in [-0.4, -0.2) is 35.5 Å². The second-order valence-corrected chi connectivity index (χ2v) is 6.83. The second kappa shape index (κ2) is 20.9. The molecule has 0 spiro atoms. The van der Waals surface area contributed by atoms with Gasteiger partial charge in [0.1, 0.15) is 12.7 Å². The summed E-state index contributed by atoms with van der Waals surface area (Å²) < 4.78 is 4.86. The van der Waals surface area contributed by atoms with E-state index in [0.717, 1.165) is 44.9 Å². The molecule has 1 atom stereocenters. The first-order valence-electron chi connectivity index (χ1n) is 10.6. The Morgan fingerprint density at radius 2 is 1.41 bits per heavy atom. The zero-order valence-electron chi connectivity index (χ0n) is 17.2. The number of esters is 1. The van der Waals surface area contributed by atoms with E-state index in [1.807, 2.05) is 0 Å². The van der Waals surface area contributed by atoms with E-state index in [4.69, 9.17) is 14.9 Å². The largest absolute Gasteiger partial charge is 0.463 e. The van der Waals surface area contributed by atoms with Crippen LogP contribution in [0.1, 0.15) is 84.0 Å². The summed E-state index contributed by atoms with van der Waals surface area (Å²) >= 11 is 0. The zero-order chi connectivity index (χ0) is 20.0. The number of rotatable bonds is 18. The molecule has 1 unspecified atom stereocenters. The molecule has 0 aliphatic carbocycles. The van der Waals surface area contributed by atoms with E-state index in [-0.39, 0.29) is 19.2 Å². The van der Waals surface area contributed by atoms with Crippen LogP contribution in [0.5, 0.6) is 0 Å². The number of aliphatic hydroxyl groups excluding tert-OH is 2. The molecule has 0 bridgehead atoms. The predicted molar refractivity (Wildman–Crippen MR) is 113 cm³/mol. The lowest BCUT2D eigenvalue weighted by Gasteiger charge is -2.08.